The van der Waals surface area contributed by atoms with Crippen molar-refractivity contribution in [1.82, 2.24) is 0 Å². The van der Waals surface area contributed by atoms with Crippen LogP contribution in [0.3, 0.4) is 0 Å². The van der Waals surface area contributed by atoms with Gasteiger partial charge in [-0.3, -0.25) is 4.79 Å². The molecule has 0 rings (SSSR count). The molecule has 0 amide bonds. The SMILES string of the molecule is CCCCC(=O)C(C)CCC. The van der Waals surface area contributed by atoms with Crippen molar-refractivity contribution in [3.63, 3.8) is 0 Å². The Bertz CT molecular complexity index is 107. The summed E-state index contributed by atoms with van der Waals surface area (Å²) in [5, 5.41) is 0. The number of rotatable bonds is 6. The number of unbranched alkanes of at least 4 members (excludes halogenated alkanes) is 1. The first kappa shape index (κ1) is 10.7. The largest absolute Gasteiger partial charge is 0.299 e. The molecule has 0 aliphatic carbocycles. The molecule has 1 atom stereocenters. The normalized spacial score (nSPS) is 13.0. The van der Waals surface area contributed by atoms with Crippen molar-refractivity contribution < 1.29 is 4.79 Å². The molecule has 0 spiro atoms. The molecule has 0 saturated carbocycles. The lowest BCUT2D eigenvalue weighted by Gasteiger charge is -2.07. The van der Waals surface area contributed by atoms with E-state index in [4.69, 9.17) is 0 Å². The molecule has 1 heteroatoms. The third kappa shape index (κ3) is 5.00. The van der Waals surface area contributed by atoms with Gasteiger partial charge in [-0.15, -0.1) is 0 Å². The monoisotopic (exact) mass is 156 g/mol. The maximum Gasteiger partial charge on any atom is 0.135 e. The summed E-state index contributed by atoms with van der Waals surface area (Å²) in [6.07, 6.45) is 5.16. The maximum atomic E-state index is 11.3. The van der Waals surface area contributed by atoms with Crippen LogP contribution in [0.5, 0.6) is 0 Å². The van der Waals surface area contributed by atoms with Crippen molar-refractivity contribution in [3.8, 4) is 0 Å². The average Bonchev–Trinajstić information content (AvgIpc) is 2.00. The van der Waals surface area contributed by atoms with Crippen molar-refractivity contribution in [2.24, 2.45) is 5.92 Å². The molecule has 0 N–H and O–H groups in total. The quantitative estimate of drug-likeness (QED) is 0.577. The van der Waals surface area contributed by atoms with Crippen LogP contribution in [-0.2, 0) is 4.79 Å². The Morgan fingerprint density at radius 3 is 2.36 bits per heavy atom. The fourth-order valence-corrected chi connectivity index (χ4v) is 1.19. The highest BCUT2D eigenvalue weighted by Crippen LogP contribution is 2.10. The molecule has 0 aromatic rings. The van der Waals surface area contributed by atoms with Gasteiger partial charge >= 0.3 is 0 Å². The summed E-state index contributed by atoms with van der Waals surface area (Å²) in [6, 6.07) is 0. The Hall–Kier alpha value is -0.330. The van der Waals surface area contributed by atoms with E-state index in [1.165, 1.54) is 0 Å². The minimum Gasteiger partial charge on any atom is -0.299 e. The zero-order valence-electron chi connectivity index (χ0n) is 8.02. The number of hydrogen-bond acceptors (Lipinski definition) is 1. The third-order valence-corrected chi connectivity index (χ3v) is 2.05. The highest BCUT2D eigenvalue weighted by Gasteiger charge is 2.09. The van der Waals surface area contributed by atoms with E-state index >= 15 is 0 Å². The van der Waals surface area contributed by atoms with Gasteiger partial charge in [0.05, 0.1) is 0 Å². The summed E-state index contributed by atoms with van der Waals surface area (Å²) >= 11 is 0. The molecule has 0 heterocycles. The standard InChI is InChI=1S/C10H20O/c1-4-6-8-10(11)9(3)7-5-2/h9H,4-8H2,1-3H3. The Labute approximate surface area is 70.2 Å². The molecule has 0 fully saturated rings. The topological polar surface area (TPSA) is 17.1 Å². The highest BCUT2D eigenvalue weighted by atomic mass is 16.1. The Morgan fingerprint density at radius 1 is 1.27 bits per heavy atom. The fourth-order valence-electron chi connectivity index (χ4n) is 1.19. The van der Waals surface area contributed by atoms with Crippen LogP contribution in [-0.4, -0.2) is 5.78 Å². The van der Waals surface area contributed by atoms with Crippen molar-refractivity contribution in [2.75, 3.05) is 0 Å². The lowest BCUT2D eigenvalue weighted by molar-refractivity contribution is -0.122. The minimum absolute atomic E-state index is 0.298. The van der Waals surface area contributed by atoms with E-state index < -0.39 is 0 Å². The molecule has 0 aromatic heterocycles. The van der Waals surface area contributed by atoms with Gasteiger partial charge in [-0.05, 0) is 12.8 Å². The van der Waals surface area contributed by atoms with Crippen molar-refractivity contribution >= 4 is 5.78 Å². The van der Waals surface area contributed by atoms with Gasteiger partial charge in [0.15, 0.2) is 0 Å². The Balaban J connectivity index is 3.47. The zero-order valence-corrected chi connectivity index (χ0v) is 8.02. The summed E-state index contributed by atoms with van der Waals surface area (Å²) < 4.78 is 0. The summed E-state index contributed by atoms with van der Waals surface area (Å²) in [4.78, 5) is 11.3. The second-order valence-electron chi connectivity index (χ2n) is 3.26. The predicted molar refractivity (Wildman–Crippen MR) is 48.6 cm³/mol. The van der Waals surface area contributed by atoms with E-state index in [0.717, 1.165) is 32.1 Å². The average molecular weight is 156 g/mol. The lowest BCUT2D eigenvalue weighted by atomic mass is 9.97. The number of carbonyl (C=O) groups is 1. The molecule has 0 saturated heterocycles. The third-order valence-electron chi connectivity index (χ3n) is 2.05. The van der Waals surface area contributed by atoms with Crippen LogP contribution in [0.15, 0.2) is 0 Å². The first-order valence-electron chi connectivity index (χ1n) is 4.75. The van der Waals surface area contributed by atoms with Crippen LogP contribution in [0.1, 0.15) is 52.9 Å². The molecule has 1 nitrogen and oxygen atoms in total. The molecule has 11 heavy (non-hydrogen) atoms. The molecule has 0 radical (unpaired) electrons. The second kappa shape index (κ2) is 6.38. The van der Waals surface area contributed by atoms with Gasteiger partial charge < -0.3 is 0 Å². The smallest absolute Gasteiger partial charge is 0.135 e. The van der Waals surface area contributed by atoms with E-state index in [0.29, 0.717) is 11.7 Å². The van der Waals surface area contributed by atoms with E-state index in [1.807, 2.05) is 6.92 Å². The zero-order chi connectivity index (χ0) is 8.69. The van der Waals surface area contributed by atoms with E-state index in [9.17, 15) is 4.79 Å². The molecule has 0 aliphatic heterocycles. The van der Waals surface area contributed by atoms with Gasteiger partial charge in [0, 0.05) is 12.3 Å². The Kier molecular flexibility index (Phi) is 6.19. The van der Waals surface area contributed by atoms with Crippen LogP contribution < -0.4 is 0 Å². The van der Waals surface area contributed by atoms with Crippen molar-refractivity contribution in [3.05, 3.63) is 0 Å². The number of hydrogen-bond donors (Lipinski definition) is 0. The number of carbonyl (C=O) groups excluding carboxylic acids is 1. The van der Waals surface area contributed by atoms with Crippen LogP contribution in [0, 0.1) is 5.92 Å². The Morgan fingerprint density at radius 2 is 1.91 bits per heavy atom. The van der Waals surface area contributed by atoms with Crippen LogP contribution in [0.4, 0.5) is 0 Å². The molecule has 0 aromatic carbocycles. The molecule has 0 aliphatic rings. The van der Waals surface area contributed by atoms with Gasteiger partial charge in [-0.1, -0.05) is 33.6 Å². The minimum atomic E-state index is 0.298. The molecule has 66 valence electrons. The maximum absolute atomic E-state index is 11.3. The van der Waals surface area contributed by atoms with Crippen molar-refractivity contribution in [2.45, 2.75) is 52.9 Å². The summed E-state index contributed by atoms with van der Waals surface area (Å²) in [7, 11) is 0. The van der Waals surface area contributed by atoms with Crippen LogP contribution in [0.25, 0.3) is 0 Å². The van der Waals surface area contributed by atoms with Crippen molar-refractivity contribution in [1.29, 1.82) is 0 Å². The molecular weight excluding hydrogens is 136 g/mol. The molecular formula is C10H20O. The van der Waals surface area contributed by atoms with E-state index in [2.05, 4.69) is 13.8 Å². The second-order valence-corrected chi connectivity index (χ2v) is 3.26. The summed E-state index contributed by atoms with van der Waals surface area (Å²) in [5.41, 5.74) is 0. The highest BCUT2D eigenvalue weighted by molar-refractivity contribution is 5.80. The lowest BCUT2D eigenvalue weighted by Crippen LogP contribution is -2.09. The first-order valence-corrected chi connectivity index (χ1v) is 4.75. The number of Topliss-reactive ketones (excluding diaryl/α,β-unsaturated/α-hetero) is 1. The fraction of sp³-hybridized carbons (Fsp3) is 0.900. The van der Waals surface area contributed by atoms with E-state index in [1.54, 1.807) is 0 Å². The molecule has 1 unspecified atom stereocenters. The van der Waals surface area contributed by atoms with Gasteiger partial charge in [0.2, 0.25) is 0 Å². The van der Waals surface area contributed by atoms with Gasteiger partial charge in [-0.25, -0.2) is 0 Å². The van der Waals surface area contributed by atoms with E-state index in [-0.39, 0.29) is 0 Å². The predicted octanol–water partition coefficient (Wildman–Crippen LogP) is 3.18. The van der Waals surface area contributed by atoms with Gasteiger partial charge in [0.25, 0.3) is 0 Å². The summed E-state index contributed by atoms with van der Waals surface area (Å²) in [6.45, 7) is 6.29. The molecule has 0 bridgehead atoms. The summed E-state index contributed by atoms with van der Waals surface area (Å²) in [5.74, 6) is 0.750. The van der Waals surface area contributed by atoms with Crippen LogP contribution in [0.2, 0.25) is 0 Å². The van der Waals surface area contributed by atoms with Gasteiger partial charge in [0.1, 0.15) is 5.78 Å². The van der Waals surface area contributed by atoms with Crippen LogP contribution >= 0.6 is 0 Å². The first-order chi connectivity index (χ1) is 5.22. The van der Waals surface area contributed by atoms with Gasteiger partial charge in [-0.2, -0.15) is 0 Å². The number of ketones is 1.